The molecular weight excluding hydrogens is 229 g/mol. The first-order valence-corrected chi connectivity index (χ1v) is 5.39. The highest BCUT2D eigenvalue weighted by Crippen LogP contribution is 2.31. The number of carbonyl (C=O) groups excluding carboxylic acids is 1. The van der Waals surface area contributed by atoms with Crippen LogP contribution in [0, 0.1) is 11.6 Å². The molecule has 1 aromatic rings. The summed E-state index contributed by atoms with van der Waals surface area (Å²) in [5.74, 6) is -2.56. The second kappa shape index (κ2) is 4.90. The molecule has 0 bridgehead atoms. The van der Waals surface area contributed by atoms with Gasteiger partial charge in [0.15, 0.2) is 11.6 Å². The zero-order valence-electron chi connectivity index (χ0n) is 10.1. The van der Waals surface area contributed by atoms with Gasteiger partial charge in [0.05, 0.1) is 0 Å². The molecule has 1 unspecified atom stereocenters. The van der Waals surface area contributed by atoms with Crippen LogP contribution in [-0.4, -0.2) is 6.29 Å². The zero-order valence-corrected chi connectivity index (χ0v) is 10.1. The van der Waals surface area contributed by atoms with Crippen molar-refractivity contribution < 1.29 is 18.0 Å². The second-order valence-electron chi connectivity index (χ2n) is 4.64. The largest absolute Gasteiger partial charge is 0.303 e. The number of benzene rings is 1. The van der Waals surface area contributed by atoms with Crippen LogP contribution in [0.15, 0.2) is 12.1 Å². The summed E-state index contributed by atoms with van der Waals surface area (Å²) in [7, 11) is 0. The van der Waals surface area contributed by atoms with Gasteiger partial charge in [-0.15, -0.1) is 0 Å². The van der Waals surface area contributed by atoms with E-state index < -0.39 is 23.2 Å². The van der Waals surface area contributed by atoms with Crippen LogP contribution in [0.3, 0.4) is 0 Å². The molecule has 0 aliphatic heterocycles. The van der Waals surface area contributed by atoms with Crippen molar-refractivity contribution in [2.45, 2.75) is 38.8 Å². The normalized spacial score (nSPS) is 13.5. The molecule has 1 atom stereocenters. The van der Waals surface area contributed by atoms with E-state index in [-0.39, 0.29) is 17.5 Å². The number of hydrogen-bond acceptors (Lipinski definition) is 1. The van der Waals surface area contributed by atoms with E-state index in [1.807, 2.05) is 0 Å². The Balaban J connectivity index is 3.29. The monoisotopic (exact) mass is 244 g/mol. The smallest absolute Gasteiger partial charge is 0.162 e. The molecule has 17 heavy (non-hydrogen) atoms. The Bertz CT molecular complexity index is 421. The lowest BCUT2D eigenvalue weighted by molar-refractivity contribution is -0.108. The van der Waals surface area contributed by atoms with Gasteiger partial charge in [-0.05, 0) is 43.0 Å². The Morgan fingerprint density at radius 1 is 1.35 bits per heavy atom. The minimum atomic E-state index is -1.75. The average molecular weight is 244 g/mol. The van der Waals surface area contributed by atoms with Gasteiger partial charge in [0.1, 0.15) is 12.0 Å². The van der Waals surface area contributed by atoms with Crippen molar-refractivity contribution in [1.82, 2.24) is 0 Å². The van der Waals surface area contributed by atoms with E-state index in [2.05, 4.69) is 0 Å². The highest BCUT2D eigenvalue weighted by Gasteiger charge is 2.24. The summed E-state index contributed by atoms with van der Waals surface area (Å²) in [5.41, 5.74) is -1.63. The van der Waals surface area contributed by atoms with E-state index in [1.54, 1.807) is 6.92 Å². The zero-order chi connectivity index (χ0) is 13.2. The minimum absolute atomic E-state index is 0.0397. The molecule has 0 spiro atoms. The van der Waals surface area contributed by atoms with E-state index in [1.165, 1.54) is 19.9 Å². The highest BCUT2D eigenvalue weighted by atomic mass is 19.2. The third-order valence-electron chi connectivity index (χ3n) is 2.72. The Morgan fingerprint density at radius 3 is 2.41 bits per heavy atom. The van der Waals surface area contributed by atoms with Gasteiger partial charge in [0.2, 0.25) is 0 Å². The van der Waals surface area contributed by atoms with Gasteiger partial charge in [-0.1, -0.05) is 6.92 Å². The van der Waals surface area contributed by atoms with E-state index >= 15 is 0 Å². The molecule has 0 aliphatic carbocycles. The minimum Gasteiger partial charge on any atom is -0.303 e. The lowest BCUT2D eigenvalue weighted by Crippen LogP contribution is -2.12. The van der Waals surface area contributed by atoms with Crippen molar-refractivity contribution in [2.24, 2.45) is 0 Å². The summed E-state index contributed by atoms with van der Waals surface area (Å²) in [4.78, 5) is 10.4. The first-order valence-electron chi connectivity index (χ1n) is 5.39. The topological polar surface area (TPSA) is 17.1 Å². The molecule has 0 saturated heterocycles. The van der Waals surface area contributed by atoms with Gasteiger partial charge in [0.25, 0.3) is 0 Å². The number of hydrogen-bond donors (Lipinski definition) is 0. The Labute approximate surface area is 98.6 Å². The summed E-state index contributed by atoms with van der Waals surface area (Å²) in [6.45, 7) is 4.14. The molecular formula is C13H15F3O. The molecule has 0 heterocycles. The third kappa shape index (κ3) is 3.08. The summed E-state index contributed by atoms with van der Waals surface area (Å²) < 4.78 is 40.6. The number of aldehydes is 1. The van der Waals surface area contributed by atoms with Crippen LogP contribution >= 0.6 is 0 Å². The maximum Gasteiger partial charge on any atom is 0.162 e. The maximum atomic E-state index is 13.7. The van der Waals surface area contributed by atoms with Crippen molar-refractivity contribution >= 4 is 6.29 Å². The summed E-state index contributed by atoms with van der Waals surface area (Å²) in [5, 5.41) is 0. The Morgan fingerprint density at radius 2 is 1.94 bits per heavy atom. The molecule has 1 rings (SSSR count). The summed E-state index contributed by atoms with van der Waals surface area (Å²) in [6, 6.07) is 2.14. The molecule has 0 radical (unpaired) electrons. The fourth-order valence-corrected chi connectivity index (χ4v) is 1.58. The standard InChI is InChI=1S/C13H15F3O/c1-8(4-5-17)10-6-9(13(2,3)16)7-11(14)12(10)15/h5-8H,4H2,1-3H3. The summed E-state index contributed by atoms with van der Waals surface area (Å²) in [6.07, 6.45) is 0.710. The number of halogens is 3. The molecule has 0 fully saturated rings. The van der Waals surface area contributed by atoms with Crippen molar-refractivity contribution in [3.05, 3.63) is 34.9 Å². The predicted molar refractivity (Wildman–Crippen MR) is 59.6 cm³/mol. The van der Waals surface area contributed by atoms with E-state index in [0.29, 0.717) is 6.29 Å². The Kier molecular flexibility index (Phi) is 3.96. The maximum absolute atomic E-state index is 13.7. The van der Waals surface area contributed by atoms with Gasteiger partial charge in [-0.3, -0.25) is 0 Å². The van der Waals surface area contributed by atoms with Crippen LogP contribution in [0.1, 0.15) is 44.2 Å². The van der Waals surface area contributed by atoms with Crippen LogP contribution in [0.25, 0.3) is 0 Å². The molecule has 0 aromatic heterocycles. The van der Waals surface area contributed by atoms with Crippen LogP contribution in [0.4, 0.5) is 13.2 Å². The first-order chi connectivity index (χ1) is 7.77. The highest BCUT2D eigenvalue weighted by molar-refractivity contribution is 5.51. The molecule has 4 heteroatoms. The SMILES string of the molecule is CC(CC=O)c1cc(C(C)(C)F)cc(F)c1F. The van der Waals surface area contributed by atoms with Crippen LogP contribution in [0.5, 0.6) is 0 Å². The molecule has 0 saturated carbocycles. The van der Waals surface area contributed by atoms with E-state index in [4.69, 9.17) is 0 Å². The van der Waals surface area contributed by atoms with Crippen LogP contribution in [-0.2, 0) is 10.5 Å². The van der Waals surface area contributed by atoms with E-state index in [0.717, 1.165) is 6.07 Å². The van der Waals surface area contributed by atoms with Gasteiger partial charge in [0, 0.05) is 6.42 Å². The van der Waals surface area contributed by atoms with Gasteiger partial charge >= 0.3 is 0 Å². The van der Waals surface area contributed by atoms with Gasteiger partial charge in [-0.25, -0.2) is 13.2 Å². The number of rotatable bonds is 4. The molecule has 1 aromatic carbocycles. The van der Waals surface area contributed by atoms with Crippen molar-refractivity contribution in [1.29, 1.82) is 0 Å². The molecule has 94 valence electrons. The first kappa shape index (κ1) is 13.7. The second-order valence-corrected chi connectivity index (χ2v) is 4.64. The van der Waals surface area contributed by atoms with Crippen molar-refractivity contribution in [2.75, 3.05) is 0 Å². The lowest BCUT2D eigenvalue weighted by atomic mass is 9.91. The van der Waals surface area contributed by atoms with E-state index in [9.17, 15) is 18.0 Å². The fourth-order valence-electron chi connectivity index (χ4n) is 1.58. The van der Waals surface area contributed by atoms with Gasteiger partial charge in [-0.2, -0.15) is 0 Å². The molecule has 0 N–H and O–H groups in total. The average Bonchev–Trinajstić information content (AvgIpc) is 2.20. The molecule has 0 aliphatic rings. The predicted octanol–water partition coefficient (Wildman–Crippen LogP) is 3.86. The third-order valence-corrected chi connectivity index (χ3v) is 2.72. The van der Waals surface area contributed by atoms with Gasteiger partial charge < -0.3 is 4.79 Å². The van der Waals surface area contributed by atoms with Crippen LogP contribution < -0.4 is 0 Å². The quantitative estimate of drug-likeness (QED) is 0.735. The number of carbonyl (C=O) groups is 1. The Hall–Kier alpha value is -1.32. The van der Waals surface area contributed by atoms with Crippen molar-refractivity contribution in [3.8, 4) is 0 Å². The van der Waals surface area contributed by atoms with Crippen LogP contribution in [0.2, 0.25) is 0 Å². The fraction of sp³-hybridized carbons (Fsp3) is 0.462. The number of alkyl halides is 1. The summed E-state index contributed by atoms with van der Waals surface area (Å²) >= 11 is 0. The molecule has 1 nitrogen and oxygen atoms in total. The van der Waals surface area contributed by atoms with Crippen molar-refractivity contribution in [3.63, 3.8) is 0 Å². The lowest BCUT2D eigenvalue weighted by Gasteiger charge is -2.18. The molecule has 0 amide bonds.